The van der Waals surface area contributed by atoms with Gasteiger partial charge in [0.15, 0.2) is 0 Å². The Balaban J connectivity index is 0.000000143. The quantitative estimate of drug-likeness (QED) is 0.0377. The van der Waals surface area contributed by atoms with Gasteiger partial charge in [-0.05, 0) is 216 Å². The lowest BCUT2D eigenvalue weighted by molar-refractivity contribution is 0.0925. The normalized spacial score (nSPS) is 12.2. The molecular formula is C113H73N27O3. The van der Waals surface area contributed by atoms with E-state index < -0.39 is 17.8 Å². The Morgan fingerprint density at radius 1 is 0.252 bits per heavy atom. The largest absolute Gasteiger partial charge is 0.342 e. The van der Waals surface area contributed by atoms with Crippen molar-refractivity contribution in [1.82, 2.24) is 120 Å². The highest BCUT2D eigenvalue weighted by atomic mass is 16.2. The Hall–Kier alpha value is -20.5. The summed E-state index contributed by atoms with van der Waals surface area (Å²) in [5.41, 5.74) is 34.7. The van der Waals surface area contributed by atoms with Crippen LogP contribution in [0.4, 0.5) is 21.9 Å². The topological polar surface area (TPSA) is 423 Å². The highest BCUT2D eigenvalue weighted by molar-refractivity contribution is 6.35. The minimum Gasteiger partial charge on any atom is -0.342 e. The van der Waals surface area contributed by atoms with Crippen LogP contribution in [0.25, 0.3) is 246 Å². The van der Waals surface area contributed by atoms with Crippen LogP contribution in [0.2, 0.25) is 0 Å². The molecule has 0 fully saturated rings. The molecule has 143 heavy (non-hydrogen) atoms. The van der Waals surface area contributed by atoms with E-state index in [1.54, 1.807) is 54.6 Å². The van der Waals surface area contributed by atoms with Gasteiger partial charge in [-0.25, -0.2) is 69.5 Å². The number of hydrogen-bond acceptors (Lipinski definition) is 15. The van der Waals surface area contributed by atoms with Crippen LogP contribution in [-0.4, -0.2) is 137 Å². The van der Waals surface area contributed by atoms with E-state index in [9.17, 15) is 14.4 Å². The van der Waals surface area contributed by atoms with Crippen LogP contribution in [0.1, 0.15) is 60.2 Å². The van der Waals surface area contributed by atoms with Crippen LogP contribution in [0.15, 0.2) is 279 Å². The second-order valence-electron chi connectivity index (χ2n) is 35.9. The first-order valence-electron chi connectivity index (χ1n) is 46.1. The molecule has 1 aliphatic heterocycles. The van der Waals surface area contributed by atoms with Crippen molar-refractivity contribution in [2.75, 3.05) is 15.5 Å². The number of nitrogens with one attached hydrogen (secondary N) is 14. The van der Waals surface area contributed by atoms with Gasteiger partial charge in [-0.15, -0.1) is 6.42 Å². The molecular weight excluding hydrogens is 1780 g/mol. The van der Waals surface area contributed by atoms with Gasteiger partial charge in [0, 0.05) is 83.7 Å². The molecule has 30 heteroatoms. The monoisotopic (exact) mass is 1860 g/mol. The summed E-state index contributed by atoms with van der Waals surface area (Å²) >= 11 is 0. The first kappa shape index (κ1) is 82.0. The lowest BCUT2D eigenvalue weighted by Gasteiger charge is -2.16. The van der Waals surface area contributed by atoms with Crippen LogP contribution >= 0.6 is 0 Å². The van der Waals surface area contributed by atoms with Crippen LogP contribution in [0.3, 0.4) is 0 Å². The maximum Gasteiger partial charge on any atom is 0.323 e. The number of terminal acetylenes is 1. The fourth-order valence-electron chi connectivity index (χ4n) is 19.1. The SMILES string of the molecule is C#Cc1ccc(NC(=O)Nc2cc(-c3nc4cc5[nH]c(-c6cccc(C)c6)nc5cc4[nH]3)cc(-c3nc4cc5[nH]c(-c6cccc(-c7nc8cc9[nH]c(C)nc9cc8[nH]7)c6)nc5cc4[nH]3)c2)cc1.Cc1cccc(-c2nc3cc4[nH]c(-c5cc(-c6nc7cc8[nH]c(-c9cccc(-c%10nc%11cc%12[nH]c(C)nc%12cc%11[nH]%10)c9)nc8cc7[nH]6)cc(N6C(=O)c7ccc(C#Cc8ccccc8)cc7C6=O)c5)nc4cc3[nH]2)c1. The minimum absolute atomic E-state index is 0.279. The summed E-state index contributed by atoms with van der Waals surface area (Å²) in [5, 5.41) is 5.91. The Bertz CT molecular complexity index is 9900. The zero-order valence-corrected chi connectivity index (χ0v) is 76.2. The van der Waals surface area contributed by atoms with Gasteiger partial charge < -0.3 is 70.4 Å². The molecule has 14 N–H and O–H groups in total. The zero-order valence-electron chi connectivity index (χ0n) is 76.2. The lowest BCUT2D eigenvalue weighted by Crippen LogP contribution is -2.29. The smallest absolute Gasteiger partial charge is 0.323 e. The summed E-state index contributed by atoms with van der Waals surface area (Å²) in [6.07, 6.45) is 5.54. The fourth-order valence-corrected chi connectivity index (χ4v) is 19.1. The summed E-state index contributed by atoms with van der Waals surface area (Å²) in [6, 6.07) is 89.3. The molecule has 0 bridgehead atoms. The Morgan fingerprint density at radius 2 is 0.531 bits per heavy atom. The number of carbonyl (C=O) groups excluding carboxylic acids is 3. The van der Waals surface area contributed by atoms with E-state index in [2.05, 4.69) is 148 Å². The number of rotatable bonds is 13. The van der Waals surface area contributed by atoms with Crippen molar-refractivity contribution < 1.29 is 14.4 Å². The second-order valence-corrected chi connectivity index (χ2v) is 35.9. The van der Waals surface area contributed by atoms with Gasteiger partial charge in [-0.3, -0.25) is 9.59 Å². The third kappa shape index (κ3) is 14.9. The molecule has 0 atom stereocenters. The van der Waals surface area contributed by atoms with Gasteiger partial charge in [0.2, 0.25) is 0 Å². The number of H-pyrrole nitrogens is 12. The molecule has 12 aromatic heterocycles. The highest BCUT2D eigenvalue weighted by Gasteiger charge is 2.38. The first-order valence-corrected chi connectivity index (χ1v) is 46.1. The van der Waals surface area contributed by atoms with Crippen LogP contribution in [-0.2, 0) is 0 Å². The van der Waals surface area contributed by atoms with Crippen LogP contribution in [0.5, 0.6) is 0 Å². The van der Waals surface area contributed by atoms with Gasteiger partial charge in [0.25, 0.3) is 11.8 Å². The zero-order chi connectivity index (χ0) is 95.7. The van der Waals surface area contributed by atoms with Crippen molar-refractivity contribution in [3.63, 3.8) is 0 Å². The van der Waals surface area contributed by atoms with Gasteiger partial charge in [-0.2, -0.15) is 0 Å². The number of aryl methyl sites for hydroxylation is 4. The number of aromatic nitrogens is 24. The summed E-state index contributed by atoms with van der Waals surface area (Å²) in [4.78, 5) is 144. The van der Waals surface area contributed by atoms with Crippen LogP contribution < -0.4 is 15.5 Å². The molecule has 0 aliphatic carbocycles. The number of anilines is 3. The second kappa shape index (κ2) is 32.1. The van der Waals surface area contributed by atoms with E-state index in [0.29, 0.717) is 79.5 Å². The lowest BCUT2D eigenvalue weighted by atomic mass is 10.1. The maximum absolute atomic E-state index is 14.4. The summed E-state index contributed by atoms with van der Waals surface area (Å²) in [7, 11) is 0. The minimum atomic E-state index is -0.453. The Labute approximate surface area is 807 Å². The van der Waals surface area contributed by atoms with Crippen molar-refractivity contribution in [2.24, 2.45) is 0 Å². The fraction of sp³-hybridized carbons (Fsp3) is 0.0354. The van der Waals surface area contributed by atoms with Gasteiger partial charge in [-0.1, -0.05) is 120 Å². The molecule has 28 rings (SSSR count). The molecule has 27 aromatic rings. The number of benzene rings is 15. The average molecular weight is 1860 g/mol. The summed E-state index contributed by atoms with van der Waals surface area (Å²) in [5.74, 6) is 16.5. The molecule has 30 nitrogen and oxygen atoms in total. The van der Waals surface area contributed by atoms with Crippen molar-refractivity contribution in [3.05, 3.63) is 330 Å². The van der Waals surface area contributed by atoms with E-state index in [4.69, 9.17) is 56.3 Å². The molecule has 0 unspecified atom stereocenters. The number of carbonyl (C=O) groups is 3. The first-order chi connectivity index (χ1) is 69.8. The number of hydrogen-bond donors (Lipinski definition) is 14. The van der Waals surface area contributed by atoms with E-state index in [-0.39, 0.29) is 5.56 Å². The van der Waals surface area contributed by atoms with E-state index in [1.165, 1.54) is 4.90 Å². The van der Waals surface area contributed by atoms with Gasteiger partial charge in [0.05, 0.1) is 149 Å². The molecule has 13 heterocycles. The Kier molecular flexibility index (Phi) is 18.4. The maximum atomic E-state index is 14.4. The number of imidazole rings is 12. The van der Waals surface area contributed by atoms with Crippen molar-refractivity contribution in [2.45, 2.75) is 27.7 Å². The number of amides is 4. The van der Waals surface area contributed by atoms with E-state index in [1.807, 2.05) is 202 Å². The molecule has 4 amide bonds. The molecule has 0 saturated heterocycles. The number of nitrogens with zero attached hydrogens (tertiary/aromatic N) is 13. The molecule has 15 aromatic carbocycles. The Morgan fingerprint density at radius 3 is 0.874 bits per heavy atom. The van der Waals surface area contributed by atoms with Crippen molar-refractivity contribution in [3.8, 4) is 138 Å². The molecule has 0 radical (unpaired) electrons. The summed E-state index contributed by atoms with van der Waals surface area (Å²) < 4.78 is 0. The molecule has 0 spiro atoms. The van der Waals surface area contributed by atoms with Crippen molar-refractivity contribution in [1.29, 1.82) is 0 Å². The van der Waals surface area contributed by atoms with Gasteiger partial charge >= 0.3 is 6.03 Å². The predicted molar refractivity (Wildman–Crippen MR) is 559 cm³/mol. The van der Waals surface area contributed by atoms with E-state index >= 15 is 0 Å². The predicted octanol–water partition coefficient (Wildman–Crippen LogP) is 23.6. The number of urea groups is 1. The standard InChI is InChI=1S/C60H37N13O2.C53H36N14O/c1-30-8-6-11-34(18-30)54-63-46-26-50-51(27-47(46)64-54)70-57(69-50)37-21-38(23-39(22-37)73-59(74)40-17-16-33(19-41(40)60(73)75)15-14-32-9-4-3-5-10-32)58-71-52-28-48-49(29-53(52)72-58)68-56(67-48)36-13-7-12-35(20-36)55-65-44-24-42-43(25-45(44)66-55)62-31(2)61-42;1-4-28-11-13-34(14-12-28)56-53(68)57-35-18-32(51-64-44-22-40-41(23-45(44)65-51)59-48(58-40)29-8-5-7-26(2)15-29)17-33(19-35)52-66-46-24-42-43(25-47(46)67-52)63-50(62-42)31-10-6-9-30(16-31)49-60-38-20-36-37(21-39(38)61-49)55-27(3)54-36/h3-13,16-29H,1-2H3,(H,61,62)(H,63,64)(H,65,66)(H,67,68)(H,69,70)(H,71,72);1,5-25H,2-3H3,(H,54,55)(H,58,59)(H,60,61)(H,62,63)(H,64,65)(H,66,67)(H2,56,57,68). The molecule has 678 valence electrons. The van der Waals surface area contributed by atoms with Crippen LogP contribution in [0, 0.1) is 51.9 Å². The number of fused-ring (bicyclic) bond motifs is 13. The molecule has 0 saturated carbocycles. The van der Waals surface area contributed by atoms with Gasteiger partial charge in [0.1, 0.15) is 69.9 Å². The summed E-state index contributed by atoms with van der Waals surface area (Å²) in [6.45, 7) is 8.01. The molecule has 1 aliphatic rings. The van der Waals surface area contributed by atoms with E-state index in [0.717, 1.165) is 229 Å². The highest BCUT2D eigenvalue weighted by Crippen LogP contribution is 2.42. The third-order valence-electron chi connectivity index (χ3n) is 25.9. The third-order valence-corrected chi connectivity index (χ3v) is 25.9. The van der Waals surface area contributed by atoms with Crippen molar-refractivity contribution >= 4 is 167 Å². The number of imide groups is 1. The number of aromatic amines is 12. The average Bonchev–Trinajstić information content (AvgIpc) is 1.63.